The highest BCUT2D eigenvalue weighted by molar-refractivity contribution is 7.99. The summed E-state index contributed by atoms with van der Waals surface area (Å²) >= 11 is 7.33. The highest BCUT2D eigenvalue weighted by Gasteiger charge is 2.16. The van der Waals surface area contributed by atoms with Crippen LogP contribution in [0.3, 0.4) is 0 Å². The summed E-state index contributed by atoms with van der Waals surface area (Å²) in [6.45, 7) is 4.24. The number of rotatable bonds is 6. The Kier molecular flexibility index (Phi) is 4.60. The second kappa shape index (κ2) is 6.81. The van der Waals surface area contributed by atoms with E-state index in [0.29, 0.717) is 17.3 Å². The summed E-state index contributed by atoms with van der Waals surface area (Å²) in [5.41, 5.74) is 0.901. The Morgan fingerprint density at radius 1 is 1.32 bits per heavy atom. The molecule has 0 aromatic carbocycles. The predicted octanol–water partition coefficient (Wildman–Crippen LogP) is 3.83. The van der Waals surface area contributed by atoms with Gasteiger partial charge in [0.1, 0.15) is 5.76 Å². The van der Waals surface area contributed by atoms with Crippen molar-refractivity contribution in [3.63, 3.8) is 0 Å². The maximum absolute atomic E-state index is 5.85. The van der Waals surface area contributed by atoms with E-state index in [-0.39, 0.29) is 0 Å². The van der Waals surface area contributed by atoms with Crippen LogP contribution in [0.1, 0.15) is 5.76 Å². The van der Waals surface area contributed by atoms with Gasteiger partial charge in [0, 0.05) is 28.7 Å². The Morgan fingerprint density at radius 3 is 2.91 bits per heavy atom. The van der Waals surface area contributed by atoms with Gasteiger partial charge in [-0.25, -0.2) is 0 Å². The van der Waals surface area contributed by atoms with Crippen LogP contribution in [0.4, 0.5) is 0 Å². The summed E-state index contributed by atoms with van der Waals surface area (Å²) in [4.78, 5) is 4.14. The van der Waals surface area contributed by atoms with Gasteiger partial charge < -0.3 is 4.42 Å². The number of hydrogen-bond donors (Lipinski definition) is 0. The van der Waals surface area contributed by atoms with Gasteiger partial charge in [0.2, 0.25) is 0 Å². The molecule has 5 nitrogen and oxygen atoms in total. The van der Waals surface area contributed by atoms with Crippen molar-refractivity contribution in [1.29, 1.82) is 0 Å². The van der Waals surface area contributed by atoms with E-state index < -0.39 is 0 Å². The third-order valence-electron chi connectivity index (χ3n) is 2.89. The van der Waals surface area contributed by atoms with E-state index in [1.807, 2.05) is 28.8 Å². The second-order valence-electron chi connectivity index (χ2n) is 4.52. The van der Waals surface area contributed by atoms with Crippen LogP contribution in [0.15, 0.2) is 64.1 Å². The van der Waals surface area contributed by atoms with Crippen LogP contribution in [0.5, 0.6) is 0 Å². The van der Waals surface area contributed by atoms with Gasteiger partial charge in [0.05, 0.1) is 12.8 Å². The van der Waals surface area contributed by atoms with Crippen molar-refractivity contribution in [2.24, 2.45) is 0 Å². The van der Waals surface area contributed by atoms with Gasteiger partial charge in [0.15, 0.2) is 11.0 Å². The third-order valence-corrected chi connectivity index (χ3v) is 4.23. The van der Waals surface area contributed by atoms with E-state index in [1.165, 1.54) is 11.8 Å². The van der Waals surface area contributed by atoms with Crippen LogP contribution in [-0.4, -0.2) is 25.5 Å². The SMILES string of the molecule is C=C(Cl)CSc1nnc(-c2cccnc2)n1Cc1ccco1. The standard InChI is InChI=1S/C15H13ClN4OS/c1-11(16)10-22-15-19-18-14(12-4-2-6-17-8-12)20(15)9-13-5-3-7-21-13/h2-8H,1,9-10H2. The van der Waals surface area contributed by atoms with Gasteiger partial charge in [-0.15, -0.1) is 10.2 Å². The smallest absolute Gasteiger partial charge is 0.192 e. The van der Waals surface area contributed by atoms with Gasteiger partial charge >= 0.3 is 0 Å². The van der Waals surface area contributed by atoms with Crippen molar-refractivity contribution in [1.82, 2.24) is 19.7 Å². The van der Waals surface area contributed by atoms with Gasteiger partial charge in [-0.2, -0.15) is 0 Å². The molecule has 0 amide bonds. The fourth-order valence-corrected chi connectivity index (χ4v) is 2.80. The highest BCUT2D eigenvalue weighted by atomic mass is 35.5. The molecule has 112 valence electrons. The van der Waals surface area contributed by atoms with Gasteiger partial charge in [0.25, 0.3) is 0 Å². The molecule has 0 spiro atoms. The van der Waals surface area contributed by atoms with Gasteiger partial charge in [-0.05, 0) is 24.3 Å². The Balaban J connectivity index is 1.97. The lowest BCUT2D eigenvalue weighted by Gasteiger charge is -2.08. The molecule has 0 bridgehead atoms. The van der Waals surface area contributed by atoms with E-state index in [4.69, 9.17) is 16.0 Å². The predicted molar refractivity (Wildman–Crippen MR) is 86.8 cm³/mol. The monoisotopic (exact) mass is 332 g/mol. The number of pyridine rings is 1. The first kappa shape index (κ1) is 14.9. The summed E-state index contributed by atoms with van der Waals surface area (Å²) in [6.07, 6.45) is 5.14. The lowest BCUT2D eigenvalue weighted by Crippen LogP contribution is -2.03. The third kappa shape index (κ3) is 3.40. The molecule has 0 unspecified atom stereocenters. The molecule has 7 heteroatoms. The zero-order valence-corrected chi connectivity index (χ0v) is 13.2. The zero-order chi connectivity index (χ0) is 15.4. The molecule has 3 heterocycles. The van der Waals surface area contributed by atoms with Crippen molar-refractivity contribution in [2.45, 2.75) is 11.7 Å². The van der Waals surface area contributed by atoms with Crippen LogP contribution in [0.25, 0.3) is 11.4 Å². The van der Waals surface area contributed by atoms with Gasteiger partial charge in [-0.3, -0.25) is 9.55 Å². The second-order valence-corrected chi connectivity index (χ2v) is 6.00. The Bertz CT molecular complexity index is 755. The Morgan fingerprint density at radius 2 is 2.23 bits per heavy atom. The summed E-state index contributed by atoms with van der Waals surface area (Å²) in [5.74, 6) is 2.15. The minimum Gasteiger partial charge on any atom is -0.467 e. The molecule has 0 fully saturated rings. The molecule has 0 N–H and O–H groups in total. The zero-order valence-electron chi connectivity index (χ0n) is 11.6. The normalized spacial score (nSPS) is 10.8. The lowest BCUT2D eigenvalue weighted by atomic mass is 10.2. The van der Waals surface area contributed by atoms with Crippen LogP contribution >= 0.6 is 23.4 Å². The molecule has 0 saturated heterocycles. The molecule has 0 atom stereocenters. The molecular formula is C15H13ClN4OS. The molecule has 3 aromatic heterocycles. The lowest BCUT2D eigenvalue weighted by molar-refractivity contribution is 0.485. The summed E-state index contributed by atoms with van der Waals surface area (Å²) in [6, 6.07) is 7.60. The fourth-order valence-electron chi connectivity index (χ4n) is 1.95. The molecule has 22 heavy (non-hydrogen) atoms. The number of thioether (sulfide) groups is 1. The number of halogens is 1. The first-order chi connectivity index (χ1) is 10.7. The van der Waals surface area contributed by atoms with Crippen molar-refractivity contribution in [3.05, 3.63) is 60.3 Å². The molecular weight excluding hydrogens is 320 g/mol. The molecule has 0 aliphatic rings. The molecule has 0 saturated carbocycles. The first-order valence-electron chi connectivity index (χ1n) is 6.56. The quantitative estimate of drug-likeness (QED) is 0.642. The van der Waals surface area contributed by atoms with Crippen molar-refractivity contribution < 1.29 is 4.42 Å². The van der Waals surface area contributed by atoms with E-state index in [0.717, 1.165) is 22.3 Å². The van der Waals surface area contributed by atoms with Crippen molar-refractivity contribution in [2.75, 3.05) is 5.75 Å². The van der Waals surface area contributed by atoms with Crippen LogP contribution in [0, 0.1) is 0 Å². The minimum atomic E-state index is 0.543. The summed E-state index contributed by atoms with van der Waals surface area (Å²) in [5, 5.41) is 9.87. The van der Waals surface area contributed by atoms with Gasteiger partial charge in [-0.1, -0.05) is 29.9 Å². The molecule has 3 rings (SSSR count). The Hall–Kier alpha value is -2.05. The molecule has 0 aliphatic heterocycles. The van der Waals surface area contributed by atoms with Crippen LogP contribution in [-0.2, 0) is 6.54 Å². The number of nitrogens with zero attached hydrogens (tertiary/aromatic N) is 4. The first-order valence-corrected chi connectivity index (χ1v) is 7.92. The fraction of sp³-hybridized carbons (Fsp3) is 0.133. The van der Waals surface area contributed by atoms with Crippen molar-refractivity contribution >= 4 is 23.4 Å². The average Bonchev–Trinajstić information content (AvgIpc) is 3.16. The largest absolute Gasteiger partial charge is 0.467 e. The molecule has 0 radical (unpaired) electrons. The topological polar surface area (TPSA) is 56.7 Å². The molecule has 3 aromatic rings. The summed E-state index contributed by atoms with van der Waals surface area (Å²) in [7, 11) is 0. The number of hydrogen-bond acceptors (Lipinski definition) is 5. The maximum atomic E-state index is 5.85. The van der Waals surface area contributed by atoms with E-state index >= 15 is 0 Å². The highest BCUT2D eigenvalue weighted by Crippen LogP contribution is 2.26. The molecule has 0 aliphatic carbocycles. The number of furan rings is 1. The summed E-state index contributed by atoms with van der Waals surface area (Å²) < 4.78 is 7.42. The Labute approximate surface area is 137 Å². The average molecular weight is 333 g/mol. The minimum absolute atomic E-state index is 0.543. The van der Waals surface area contributed by atoms with Crippen LogP contribution < -0.4 is 0 Å². The van der Waals surface area contributed by atoms with Crippen molar-refractivity contribution in [3.8, 4) is 11.4 Å². The van der Waals surface area contributed by atoms with E-state index in [9.17, 15) is 0 Å². The van der Waals surface area contributed by atoms with Crippen LogP contribution in [0.2, 0.25) is 0 Å². The van der Waals surface area contributed by atoms with E-state index in [1.54, 1.807) is 18.7 Å². The van der Waals surface area contributed by atoms with E-state index in [2.05, 4.69) is 21.8 Å². The number of aromatic nitrogens is 4. The maximum Gasteiger partial charge on any atom is 0.192 e.